The van der Waals surface area contributed by atoms with Gasteiger partial charge >= 0.3 is 0 Å². The van der Waals surface area contributed by atoms with Gasteiger partial charge in [0.15, 0.2) is 10.9 Å². The van der Waals surface area contributed by atoms with Crippen molar-refractivity contribution in [2.45, 2.75) is 111 Å². The average molecular weight is 861 g/mol. The second kappa shape index (κ2) is 20.2. The maximum Gasteiger partial charge on any atom is 0.263 e. The molecule has 5 aromatic rings. The zero-order valence-corrected chi connectivity index (χ0v) is 36.9. The molecule has 1 aliphatic heterocycles. The molecule has 0 bridgehead atoms. The highest BCUT2D eigenvalue weighted by molar-refractivity contribution is 7.15. The molecule has 1 aliphatic carbocycles. The number of aromatic nitrogens is 5. The van der Waals surface area contributed by atoms with E-state index in [9.17, 15) is 24.0 Å². The van der Waals surface area contributed by atoms with E-state index in [-0.39, 0.29) is 40.7 Å². The molecule has 326 valence electrons. The highest BCUT2D eigenvalue weighted by Crippen LogP contribution is 2.32. The number of hydrogen-bond donors (Lipinski definition) is 3. The molecule has 3 amide bonds. The predicted molar refractivity (Wildman–Crippen MR) is 244 cm³/mol. The average Bonchev–Trinajstić information content (AvgIpc) is 3.90. The SMILES string of the molecule is CC(=O)c1c(C)c2cnc(Nc3ccc(N4CCN(C(=O)CCCCCCCCC(=O)Nc5ccccc5C(=O)Nc5nc(C)c(C)s5)CC4)cn3)nc2n(C2CCCC2)c1=O. The number of carbonyl (C=O) groups excluding carboxylic acids is 4. The van der Waals surface area contributed by atoms with Crippen LogP contribution in [-0.4, -0.2) is 79.1 Å². The quantitative estimate of drug-likeness (QED) is 0.0604. The third-order valence-corrected chi connectivity index (χ3v) is 13.0. The van der Waals surface area contributed by atoms with Crippen LogP contribution in [0.4, 0.5) is 28.3 Å². The minimum absolute atomic E-state index is 0.0000419. The van der Waals surface area contributed by atoms with Crippen molar-refractivity contribution in [3.8, 4) is 0 Å². The molecule has 0 radical (unpaired) electrons. The normalized spacial score (nSPS) is 14.3. The van der Waals surface area contributed by atoms with Crippen LogP contribution >= 0.6 is 11.3 Å². The molecule has 0 atom stereocenters. The summed E-state index contributed by atoms with van der Waals surface area (Å²) >= 11 is 1.42. The number of piperazine rings is 1. The number of nitrogens with one attached hydrogen (secondary N) is 3. The van der Waals surface area contributed by atoms with Gasteiger partial charge in [-0.25, -0.2) is 15.0 Å². The van der Waals surface area contributed by atoms with Crippen LogP contribution in [-0.2, 0) is 9.59 Å². The lowest BCUT2D eigenvalue weighted by Gasteiger charge is -2.36. The summed E-state index contributed by atoms with van der Waals surface area (Å²) in [6.45, 7) is 9.81. The topological polar surface area (TPSA) is 184 Å². The Morgan fingerprint density at radius 1 is 0.806 bits per heavy atom. The zero-order valence-electron chi connectivity index (χ0n) is 36.1. The molecule has 0 unspecified atom stereocenters. The van der Waals surface area contributed by atoms with Gasteiger partial charge < -0.3 is 20.4 Å². The number of unbranched alkanes of at least 4 members (excludes halogenated alkanes) is 5. The molecule has 5 heterocycles. The number of rotatable bonds is 17. The van der Waals surface area contributed by atoms with E-state index in [1.165, 1.54) is 18.3 Å². The maximum atomic E-state index is 13.6. The molecule has 2 fully saturated rings. The number of benzene rings is 1. The third kappa shape index (κ3) is 10.5. The Labute approximate surface area is 365 Å². The number of fused-ring (bicyclic) bond motifs is 1. The van der Waals surface area contributed by atoms with Crippen molar-refractivity contribution in [1.29, 1.82) is 0 Å². The fraction of sp³-hybridized carbons (Fsp3) is 0.457. The Balaban J connectivity index is 0.795. The minimum Gasteiger partial charge on any atom is -0.367 e. The van der Waals surface area contributed by atoms with Crippen molar-refractivity contribution in [3.05, 3.63) is 86.4 Å². The molecule has 3 N–H and O–H groups in total. The largest absolute Gasteiger partial charge is 0.367 e. The second-order valence-electron chi connectivity index (χ2n) is 16.3. The summed E-state index contributed by atoms with van der Waals surface area (Å²) in [5.74, 6) is 0.399. The smallest absolute Gasteiger partial charge is 0.263 e. The van der Waals surface area contributed by atoms with Gasteiger partial charge in [0.2, 0.25) is 17.8 Å². The van der Waals surface area contributed by atoms with Crippen LogP contribution in [0.1, 0.15) is 127 Å². The number of anilines is 5. The van der Waals surface area contributed by atoms with E-state index >= 15 is 0 Å². The molecule has 2 aliphatic rings. The Kier molecular flexibility index (Phi) is 14.4. The highest BCUT2D eigenvalue weighted by atomic mass is 32.1. The molecule has 15 nitrogen and oxygen atoms in total. The fourth-order valence-electron chi connectivity index (χ4n) is 8.40. The molecule has 7 rings (SSSR count). The van der Waals surface area contributed by atoms with Crippen LogP contribution in [0.2, 0.25) is 0 Å². The summed E-state index contributed by atoms with van der Waals surface area (Å²) in [5, 5.41) is 10.2. The standard InChI is InChI=1S/C46H56N10O5S/c1-29-36-28-48-45(52-42(36)56(33-15-11-12-16-33)44(61)41(29)31(3)57)51-38-22-21-34(27-47-38)54-23-25-55(26-24-54)40(59)20-10-8-6-5-7-9-19-39(58)50-37-18-14-13-17-35(37)43(60)53-46-49-30(2)32(4)62-46/h13-14,17-18,21-22,27-28,33H,5-12,15-16,19-20,23-26H2,1-4H3,(H,50,58)(H,49,53,60)(H,47,48,51,52). The van der Waals surface area contributed by atoms with E-state index in [0.717, 1.165) is 80.5 Å². The Bertz CT molecular complexity index is 2470. The summed E-state index contributed by atoms with van der Waals surface area (Å²) < 4.78 is 1.70. The summed E-state index contributed by atoms with van der Waals surface area (Å²) in [6.07, 6.45) is 13.7. The van der Waals surface area contributed by atoms with Gasteiger partial charge in [0.25, 0.3) is 11.5 Å². The van der Waals surface area contributed by atoms with Crippen LogP contribution in [0.3, 0.4) is 0 Å². The van der Waals surface area contributed by atoms with E-state index in [1.807, 2.05) is 30.9 Å². The number of nitrogens with zero attached hydrogens (tertiary/aromatic N) is 7. The van der Waals surface area contributed by atoms with E-state index in [4.69, 9.17) is 4.98 Å². The summed E-state index contributed by atoms with van der Waals surface area (Å²) in [6, 6.07) is 10.9. The minimum atomic E-state index is -0.309. The molecule has 0 spiro atoms. The first-order valence-corrected chi connectivity index (χ1v) is 22.6. The molecular formula is C46H56N10O5S. The number of para-hydroxylation sites is 1. The summed E-state index contributed by atoms with van der Waals surface area (Å²) in [7, 11) is 0. The van der Waals surface area contributed by atoms with Crippen molar-refractivity contribution in [1.82, 2.24) is 29.4 Å². The number of Topliss-reactive ketones (excluding diaryl/α,β-unsaturated/α-hetero) is 1. The Morgan fingerprint density at radius 3 is 2.19 bits per heavy atom. The Morgan fingerprint density at radius 2 is 1.52 bits per heavy atom. The van der Waals surface area contributed by atoms with Gasteiger partial charge in [0.1, 0.15) is 11.5 Å². The monoisotopic (exact) mass is 860 g/mol. The second-order valence-corrected chi connectivity index (χ2v) is 17.5. The number of hydrogen-bond acceptors (Lipinski definition) is 12. The van der Waals surface area contributed by atoms with Crippen molar-refractivity contribution in [3.63, 3.8) is 0 Å². The number of thiazole rings is 1. The van der Waals surface area contributed by atoms with Crippen molar-refractivity contribution in [2.75, 3.05) is 47.0 Å². The molecule has 1 saturated heterocycles. The van der Waals surface area contributed by atoms with Crippen LogP contribution in [0.25, 0.3) is 11.0 Å². The number of carbonyl (C=O) groups is 4. The molecule has 62 heavy (non-hydrogen) atoms. The summed E-state index contributed by atoms with van der Waals surface area (Å²) in [4.78, 5) is 88.2. The first-order chi connectivity index (χ1) is 30.0. The third-order valence-electron chi connectivity index (χ3n) is 12.0. The van der Waals surface area contributed by atoms with E-state index in [0.29, 0.717) is 83.8 Å². The summed E-state index contributed by atoms with van der Waals surface area (Å²) in [5.41, 5.74) is 3.78. The number of aryl methyl sites for hydroxylation is 3. The highest BCUT2D eigenvalue weighted by Gasteiger charge is 2.26. The fourth-order valence-corrected chi connectivity index (χ4v) is 9.21. The van der Waals surface area contributed by atoms with Crippen molar-refractivity contribution in [2.24, 2.45) is 0 Å². The first kappa shape index (κ1) is 44.0. The molecule has 16 heteroatoms. The lowest BCUT2D eigenvalue weighted by atomic mass is 10.0. The predicted octanol–water partition coefficient (Wildman–Crippen LogP) is 8.29. The van der Waals surface area contributed by atoms with Crippen LogP contribution in [0.5, 0.6) is 0 Å². The van der Waals surface area contributed by atoms with Gasteiger partial charge in [-0.1, -0.05) is 50.7 Å². The van der Waals surface area contributed by atoms with Gasteiger partial charge in [0, 0.05) is 61.5 Å². The number of ketones is 1. The molecular weight excluding hydrogens is 805 g/mol. The molecule has 4 aromatic heterocycles. The van der Waals surface area contributed by atoms with E-state index < -0.39 is 0 Å². The molecule has 1 saturated carbocycles. The first-order valence-electron chi connectivity index (χ1n) is 21.8. The zero-order chi connectivity index (χ0) is 43.8. The number of pyridine rings is 2. The van der Waals surface area contributed by atoms with Crippen molar-refractivity contribution >= 4 is 74.1 Å². The Hall–Kier alpha value is -6.03. The van der Waals surface area contributed by atoms with Crippen LogP contribution < -0.4 is 26.4 Å². The van der Waals surface area contributed by atoms with Crippen molar-refractivity contribution < 1.29 is 19.2 Å². The van der Waals surface area contributed by atoms with E-state index in [2.05, 4.69) is 35.8 Å². The molecule has 1 aromatic carbocycles. The van der Waals surface area contributed by atoms with Gasteiger partial charge in [-0.3, -0.25) is 33.9 Å². The van der Waals surface area contributed by atoms with Crippen LogP contribution in [0.15, 0.2) is 53.6 Å². The van der Waals surface area contributed by atoms with Crippen LogP contribution in [0, 0.1) is 20.8 Å². The van der Waals surface area contributed by atoms with Gasteiger partial charge in [-0.15, -0.1) is 11.3 Å². The lowest BCUT2D eigenvalue weighted by Crippen LogP contribution is -2.48. The number of amides is 3. The lowest BCUT2D eigenvalue weighted by molar-refractivity contribution is -0.131. The maximum absolute atomic E-state index is 13.6. The van der Waals surface area contributed by atoms with Gasteiger partial charge in [-0.05, 0) is 83.2 Å². The van der Waals surface area contributed by atoms with Gasteiger partial charge in [-0.2, -0.15) is 4.98 Å². The van der Waals surface area contributed by atoms with E-state index in [1.54, 1.807) is 48.1 Å². The van der Waals surface area contributed by atoms with Gasteiger partial charge in [0.05, 0.1) is 34.4 Å².